The summed E-state index contributed by atoms with van der Waals surface area (Å²) in [4.78, 5) is 4.02. The van der Waals surface area contributed by atoms with Crippen LogP contribution in [0, 0.1) is 0 Å². The minimum Gasteiger partial charge on any atom is -0.364 e. The molecule has 0 saturated carbocycles. The molecule has 2 aromatic rings. The van der Waals surface area contributed by atoms with E-state index in [2.05, 4.69) is 20.5 Å². The third kappa shape index (κ3) is 1.42. The minimum atomic E-state index is -0.434. The van der Waals surface area contributed by atoms with Gasteiger partial charge in [0.15, 0.2) is 5.82 Å². The zero-order valence-electron chi connectivity index (χ0n) is 6.81. The van der Waals surface area contributed by atoms with Gasteiger partial charge in [0, 0.05) is 18.9 Å². The third-order valence-corrected chi connectivity index (χ3v) is 1.60. The summed E-state index contributed by atoms with van der Waals surface area (Å²) in [5, 5.41) is 10.4. The van der Waals surface area contributed by atoms with E-state index in [9.17, 15) is 4.39 Å². The predicted octanol–water partition coefficient (Wildman–Crippen LogP) is 0.506. The Labute approximate surface area is 73.6 Å². The number of nitrogens with one attached hydrogen (secondary N) is 1. The Morgan fingerprint density at radius 3 is 3.31 bits per heavy atom. The molecule has 0 aliphatic heterocycles. The van der Waals surface area contributed by atoms with Crippen LogP contribution in [0.25, 0.3) is 5.65 Å². The zero-order chi connectivity index (χ0) is 9.10. The standard InChI is InChI=1S/C7H8FN5/c8-1-2-9-6-7-12-11-5-13(7)4-3-10-6/h3-5H,1-2H2,(H,9,10). The molecule has 1 N–H and O–H groups in total. The van der Waals surface area contributed by atoms with Gasteiger partial charge in [-0.3, -0.25) is 4.40 Å². The summed E-state index contributed by atoms with van der Waals surface area (Å²) in [7, 11) is 0. The van der Waals surface area contributed by atoms with Gasteiger partial charge >= 0.3 is 0 Å². The number of fused-ring (bicyclic) bond motifs is 1. The second-order valence-corrected chi connectivity index (χ2v) is 2.45. The van der Waals surface area contributed by atoms with Crippen LogP contribution in [0.2, 0.25) is 0 Å². The quantitative estimate of drug-likeness (QED) is 0.749. The Bertz CT molecular complexity index is 398. The largest absolute Gasteiger partial charge is 0.364 e. The number of anilines is 1. The van der Waals surface area contributed by atoms with E-state index < -0.39 is 6.67 Å². The number of rotatable bonds is 3. The van der Waals surface area contributed by atoms with E-state index in [4.69, 9.17) is 0 Å². The lowest BCUT2D eigenvalue weighted by atomic mass is 10.5. The van der Waals surface area contributed by atoms with E-state index in [1.165, 1.54) is 0 Å². The average Bonchev–Trinajstić information content (AvgIpc) is 2.62. The Kier molecular flexibility index (Phi) is 2.03. The highest BCUT2D eigenvalue weighted by Gasteiger charge is 2.02. The normalized spacial score (nSPS) is 10.5. The van der Waals surface area contributed by atoms with Gasteiger partial charge < -0.3 is 5.32 Å². The van der Waals surface area contributed by atoms with Gasteiger partial charge in [-0.25, -0.2) is 9.37 Å². The van der Waals surface area contributed by atoms with Crippen molar-refractivity contribution in [3.05, 3.63) is 18.7 Å². The minimum absolute atomic E-state index is 0.236. The second-order valence-electron chi connectivity index (χ2n) is 2.45. The molecule has 2 rings (SSSR count). The molecule has 2 heterocycles. The third-order valence-electron chi connectivity index (χ3n) is 1.60. The van der Waals surface area contributed by atoms with Crippen LogP contribution in [0.1, 0.15) is 0 Å². The number of alkyl halides is 1. The maximum atomic E-state index is 11.9. The fourth-order valence-electron chi connectivity index (χ4n) is 1.05. The molecule has 13 heavy (non-hydrogen) atoms. The molecule has 2 aromatic heterocycles. The first-order valence-corrected chi connectivity index (χ1v) is 3.86. The van der Waals surface area contributed by atoms with Crippen LogP contribution in [-0.2, 0) is 0 Å². The number of halogens is 1. The van der Waals surface area contributed by atoms with E-state index in [1.54, 1.807) is 23.1 Å². The van der Waals surface area contributed by atoms with Crippen molar-refractivity contribution in [2.75, 3.05) is 18.5 Å². The van der Waals surface area contributed by atoms with Gasteiger partial charge in [0.1, 0.15) is 13.0 Å². The molecule has 68 valence electrons. The van der Waals surface area contributed by atoms with Crippen molar-refractivity contribution in [1.29, 1.82) is 0 Å². The molecule has 0 bridgehead atoms. The van der Waals surface area contributed by atoms with Crippen molar-refractivity contribution in [2.24, 2.45) is 0 Å². The summed E-state index contributed by atoms with van der Waals surface area (Å²) in [5.41, 5.74) is 0.607. The van der Waals surface area contributed by atoms with Gasteiger partial charge in [-0.2, -0.15) is 0 Å². The Hall–Kier alpha value is -1.72. The maximum absolute atomic E-state index is 11.9. The number of aromatic nitrogens is 4. The summed E-state index contributed by atoms with van der Waals surface area (Å²) >= 11 is 0. The van der Waals surface area contributed by atoms with Crippen LogP contribution >= 0.6 is 0 Å². The molecule has 6 heteroatoms. The first kappa shape index (κ1) is 7.90. The highest BCUT2D eigenvalue weighted by atomic mass is 19.1. The van der Waals surface area contributed by atoms with Gasteiger partial charge in [0.2, 0.25) is 5.65 Å². The molecule has 0 aliphatic rings. The van der Waals surface area contributed by atoms with Gasteiger partial charge in [0.05, 0.1) is 0 Å². The maximum Gasteiger partial charge on any atom is 0.203 e. The zero-order valence-corrected chi connectivity index (χ0v) is 6.81. The van der Waals surface area contributed by atoms with Crippen molar-refractivity contribution in [3.63, 3.8) is 0 Å². The van der Waals surface area contributed by atoms with Crippen LogP contribution < -0.4 is 5.32 Å². The molecule has 5 nitrogen and oxygen atoms in total. The van der Waals surface area contributed by atoms with Crippen molar-refractivity contribution < 1.29 is 4.39 Å². The van der Waals surface area contributed by atoms with Crippen molar-refractivity contribution in [3.8, 4) is 0 Å². The summed E-state index contributed by atoms with van der Waals surface area (Å²) in [6.45, 7) is -0.198. The monoisotopic (exact) mass is 181 g/mol. The SMILES string of the molecule is FCCNc1nccn2cnnc12. The topological polar surface area (TPSA) is 55.1 Å². The molecule has 0 atom stereocenters. The summed E-state index contributed by atoms with van der Waals surface area (Å²) in [6, 6.07) is 0. The summed E-state index contributed by atoms with van der Waals surface area (Å²) in [5.74, 6) is 0.553. The summed E-state index contributed by atoms with van der Waals surface area (Å²) in [6.07, 6.45) is 4.91. The van der Waals surface area contributed by atoms with Gasteiger partial charge in [0.25, 0.3) is 0 Å². The Balaban J connectivity index is 2.37. The van der Waals surface area contributed by atoms with Crippen molar-refractivity contribution in [2.45, 2.75) is 0 Å². The predicted molar refractivity (Wildman–Crippen MR) is 45.2 cm³/mol. The average molecular weight is 181 g/mol. The van der Waals surface area contributed by atoms with Crippen LogP contribution in [0.15, 0.2) is 18.7 Å². The van der Waals surface area contributed by atoms with E-state index in [0.717, 1.165) is 0 Å². The fraction of sp³-hybridized carbons (Fsp3) is 0.286. The first-order valence-electron chi connectivity index (χ1n) is 3.86. The van der Waals surface area contributed by atoms with E-state index in [1.807, 2.05) is 0 Å². The van der Waals surface area contributed by atoms with Crippen LogP contribution in [0.3, 0.4) is 0 Å². The molecule has 0 unspecified atom stereocenters. The molecule has 0 fully saturated rings. The molecule has 0 radical (unpaired) electrons. The molecule has 0 aromatic carbocycles. The van der Waals surface area contributed by atoms with Crippen LogP contribution in [0.4, 0.5) is 10.2 Å². The summed E-state index contributed by atoms with van der Waals surface area (Å²) < 4.78 is 13.6. The highest BCUT2D eigenvalue weighted by molar-refractivity contribution is 5.61. The smallest absolute Gasteiger partial charge is 0.203 e. The van der Waals surface area contributed by atoms with Gasteiger partial charge in [-0.15, -0.1) is 10.2 Å². The van der Waals surface area contributed by atoms with Crippen molar-refractivity contribution >= 4 is 11.5 Å². The van der Waals surface area contributed by atoms with Gasteiger partial charge in [-0.05, 0) is 0 Å². The second kappa shape index (κ2) is 3.34. The number of nitrogens with zero attached hydrogens (tertiary/aromatic N) is 4. The molecule has 0 amide bonds. The molecular weight excluding hydrogens is 173 g/mol. The Morgan fingerprint density at radius 1 is 1.54 bits per heavy atom. The lowest BCUT2D eigenvalue weighted by molar-refractivity contribution is 0.512. The Morgan fingerprint density at radius 2 is 2.46 bits per heavy atom. The molecule has 0 spiro atoms. The molecule has 0 saturated heterocycles. The van der Waals surface area contributed by atoms with Crippen LogP contribution in [0.5, 0.6) is 0 Å². The lowest BCUT2D eigenvalue weighted by Gasteiger charge is -2.02. The fourth-order valence-corrected chi connectivity index (χ4v) is 1.05. The van der Waals surface area contributed by atoms with E-state index in [-0.39, 0.29) is 6.54 Å². The van der Waals surface area contributed by atoms with E-state index >= 15 is 0 Å². The number of hydrogen-bond donors (Lipinski definition) is 1. The number of hydrogen-bond acceptors (Lipinski definition) is 4. The van der Waals surface area contributed by atoms with E-state index in [0.29, 0.717) is 11.5 Å². The highest BCUT2D eigenvalue weighted by Crippen LogP contribution is 2.08. The molecule has 0 aliphatic carbocycles. The van der Waals surface area contributed by atoms with Gasteiger partial charge in [-0.1, -0.05) is 0 Å². The first-order chi connectivity index (χ1) is 6.42. The van der Waals surface area contributed by atoms with Crippen molar-refractivity contribution in [1.82, 2.24) is 19.6 Å². The lowest BCUT2D eigenvalue weighted by Crippen LogP contribution is -2.06. The molecular formula is C7H8FN5. The van der Waals surface area contributed by atoms with Crippen LogP contribution in [-0.4, -0.2) is 32.8 Å².